The minimum absolute atomic E-state index is 0.0137. The number of anilines is 1. The molecule has 1 aliphatic heterocycles. The van der Waals surface area contributed by atoms with Crippen LogP contribution >= 0.6 is 0 Å². The lowest BCUT2D eigenvalue weighted by atomic mass is 10.1. The predicted molar refractivity (Wildman–Crippen MR) is 113 cm³/mol. The average Bonchev–Trinajstić information content (AvgIpc) is 3.42. The Bertz CT molecular complexity index is 1330. The molecule has 0 atom stereocenters. The summed E-state index contributed by atoms with van der Waals surface area (Å²) in [6, 6.07) is 17.1. The van der Waals surface area contributed by atoms with Crippen molar-refractivity contribution >= 4 is 28.3 Å². The van der Waals surface area contributed by atoms with Gasteiger partial charge in [0.2, 0.25) is 12.6 Å². The van der Waals surface area contributed by atoms with Crippen LogP contribution in [0.2, 0.25) is 0 Å². The Balaban J connectivity index is 1.42. The molecular weight excluding hydrogens is 417 g/mol. The van der Waals surface area contributed by atoms with E-state index in [-0.39, 0.29) is 24.8 Å². The number of ketones is 1. The van der Waals surface area contributed by atoms with Crippen LogP contribution in [0.5, 0.6) is 17.2 Å². The highest BCUT2D eigenvalue weighted by Gasteiger charge is 2.25. The quantitative estimate of drug-likeness (QED) is 0.449. The standard InChI is InChI=1S/C24H16FNO6/c25-15-6-8-16(9-7-15)29-12-21(27)26-22-17-3-1-2-4-18(17)32-24(22)23(28)14-5-10-19-20(11-14)31-13-30-19/h1-11H,12-13H2,(H,26,27). The highest BCUT2D eigenvalue weighted by atomic mass is 19.1. The fourth-order valence-electron chi connectivity index (χ4n) is 3.35. The van der Waals surface area contributed by atoms with Gasteiger partial charge in [0.25, 0.3) is 5.91 Å². The number of nitrogens with one attached hydrogen (secondary N) is 1. The Morgan fingerprint density at radius 1 is 0.969 bits per heavy atom. The number of halogens is 1. The molecule has 0 radical (unpaired) electrons. The number of amides is 1. The number of benzene rings is 3. The van der Waals surface area contributed by atoms with Crippen LogP contribution in [0.15, 0.2) is 71.1 Å². The van der Waals surface area contributed by atoms with Crippen molar-refractivity contribution in [2.24, 2.45) is 0 Å². The van der Waals surface area contributed by atoms with Gasteiger partial charge >= 0.3 is 0 Å². The molecule has 7 nitrogen and oxygen atoms in total. The third-order valence-corrected chi connectivity index (χ3v) is 4.88. The molecule has 1 N–H and O–H groups in total. The van der Waals surface area contributed by atoms with E-state index in [0.717, 1.165) is 0 Å². The van der Waals surface area contributed by atoms with Crippen molar-refractivity contribution in [1.29, 1.82) is 0 Å². The molecule has 0 fully saturated rings. The van der Waals surface area contributed by atoms with Crippen LogP contribution in [0, 0.1) is 5.82 Å². The molecular formula is C24H16FNO6. The van der Waals surface area contributed by atoms with Crippen molar-refractivity contribution in [3.8, 4) is 17.2 Å². The maximum atomic E-state index is 13.2. The first kappa shape index (κ1) is 19.6. The largest absolute Gasteiger partial charge is 0.484 e. The van der Waals surface area contributed by atoms with Crippen molar-refractivity contribution < 1.29 is 32.6 Å². The second-order valence-electron chi connectivity index (χ2n) is 6.99. The maximum Gasteiger partial charge on any atom is 0.262 e. The summed E-state index contributed by atoms with van der Waals surface area (Å²) in [5.41, 5.74) is 1.02. The summed E-state index contributed by atoms with van der Waals surface area (Å²) < 4.78 is 34.8. The van der Waals surface area contributed by atoms with Crippen molar-refractivity contribution in [3.63, 3.8) is 0 Å². The summed E-state index contributed by atoms with van der Waals surface area (Å²) in [5.74, 6) is 0.0199. The van der Waals surface area contributed by atoms with Gasteiger partial charge in [-0.15, -0.1) is 0 Å². The molecule has 0 saturated heterocycles. The Morgan fingerprint density at radius 2 is 1.75 bits per heavy atom. The molecule has 0 unspecified atom stereocenters. The van der Waals surface area contributed by atoms with Gasteiger partial charge in [-0.3, -0.25) is 9.59 Å². The zero-order chi connectivity index (χ0) is 22.1. The van der Waals surface area contributed by atoms with Gasteiger partial charge in [-0.05, 0) is 54.6 Å². The summed E-state index contributed by atoms with van der Waals surface area (Å²) in [4.78, 5) is 25.8. The van der Waals surface area contributed by atoms with Gasteiger partial charge in [0, 0.05) is 10.9 Å². The van der Waals surface area contributed by atoms with Crippen LogP contribution in [0.3, 0.4) is 0 Å². The minimum atomic E-state index is -0.499. The molecule has 1 aromatic heterocycles. The molecule has 2 heterocycles. The third kappa shape index (κ3) is 3.74. The van der Waals surface area contributed by atoms with Crippen LogP contribution in [-0.4, -0.2) is 25.1 Å². The number of carbonyl (C=O) groups excluding carboxylic acids is 2. The van der Waals surface area contributed by atoms with Gasteiger partial charge in [0.1, 0.15) is 17.1 Å². The summed E-state index contributed by atoms with van der Waals surface area (Å²) in [7, 11) is 0. The molecule has 0 spiro atoms. The summed E-state index contributed by atoms with van der Waals surface area (Å²) in [5, 5.41) is 3.29. The van der Waals surface area contributed by atoms with E-state index < -0.39 is 17.5 Å². The van der Waals surface area contributed by atoms with Crippen molar-refractivity contribution in [3.05, 3.63) is 83.9 Å². The fraction of sp³-hybridized carbons (Fsp3) is 0.0833. The fourth-order valence-corrected chi connectivity index (χ4v) is 3.35. The van der Waals surface area contributed by atoms with Crippen LogP contribution in [-0.2, 0) is 4.79 Å². The Morgan fingerprint density at radius 3 is 2.59 bits per heavy atom. The molecule has 1 amide bonds. The topological polar surface area (TPSA) is 87.0 Å². The summed E-state index contributed by atoms with van der Waals surface area (Å²) in [6.45, 7) is -0.240. The van der Waals surface area contributed by atoms with Crippen molar-refractivity contribution in [1.82, 2.24) is 0 Å². The maximum absolute atomic E-state index is 13.2. The van der Waals surface area contributed by atoms with E-state index in [1.54, 1.807) is 42.5 Å². The highest BCUT2D eigenvalue weighted by Crippen LogP contribution is 2.36. The lowest BCUT2D eigenvalue weighted by molar-refractivity contribution is -0.118. The van der Waals surface area contributed by atoms with Gasteiger partial charge in [0.15, 0.2) is 23.9 Å². The van der Waals surface area contributed by atoms with Crippen LogP contribution < -0.4 is 19.5 Å². The first-order chi connectivity index (χ1) is 15.6. The molecule has 1 aliphatic rings. The van der Waals surface area contributed by atoms with Gasteiger partial charge < -0.3 is 23.9 Å². The van der Waals surface area contributed by atoms with Crippen LogP contribution in [0.25, 0.3) is 11.0 Å². The number of para-hydroxylation sites is 1. The van der Waals surface area contributed by atoms with E-state index in [1.165, 1.54) is 24.3 Å². The SMILES string of the molecule is O=C(COc1ccc(F)cc1)Nc1c(C(=O)c2ccc3c(c2)OCO3)oc2ccccc12. The number of hydrogen-bond donors (Lipinski definition) is 1. The number of furan rings is 1. The third-order valence-electron chi connectivity index (χ3n) is 4.88. The number of fused-ring (bicyclic) bond motifs is 2. The zero-order valence-electron chi connectivity index (χ0n) is 16.6. The van der Waals surface area contributed by atoms with Crippen LogP contribution in [0.1, 0.15) is 16.1 Å². The molecule has 3 aromatic carbocycles. The molecule has 0 bridgehead atoms. The van der Waals surface area contributed by atoms with Crippen LogP contribution in [0.4, 0.5) is 10.1 Å². The monoisotopic (exact) mass is 433 g/mol. The van der Waals surface area contributed by atoms with E-state index in [9.17, 15) is 14.0 Å². The van der Waals surface area contributed by atoms with Gasteiger partial charge in [-0.25, -0.2) is 4.39 Å². The van der Waals surface area contributed by atoms with Crippen molar-refractivity contribution in [2.75, 3.05) is 18.7 Å². The molecule has 8 heteroatoms. The number of rotatable bonds is 6. The van der Waals surface area contributed by atoms with E-state index in [1.807, 2.05) is 0 Å². The van der Waals surface area contributed by atoms with E-state index in [4.69, 9.17) is 18.6 Å². The predicted octanol–water partition coefficient (Wildman–Crippen LogP) is 4.55. The molecule has 0 aliphatic carbocycles. The molecule has 32 heavy (non-hydrogen) atoms. The lowest BCUT2D eigenvalue weighted by Crippen LogP contribution is -2.21. The van der Waals surface area contributed by atoms with E-state index >= 15 is 0 Å². The number of hydrogen-bond acceptors (Lipinski definition) is 6. The minimum Gasteiger partial charge on any atom is -0.484 e. The Hall–Kier alpha value is -4.33. The first-order valence-corrected chi connectivity index (χ1v) is 9.72. The molecule has 4 aromatic rings. The summed E-state index contributed by atoms with van der Waals surface area (Å²) >= 11 is 0. The first-order valence-electron chi connectivity index (χ1n) is 9.72. The number of ether oxygens (including phenoxy) is 3. The Labute approximate surface area is 181 Å². The van der Waals surface area contributed by atoms with E-state index in [2.05, 4.69) is 5.32 Å². The molecule has 5 rings (SSSR count). The normalized spacial score (nSPS) is 12.0. The average molecular weight is 433 g/mol. The Kier molecular flexibility index (Phi) is 4.95. The van der Waals surface area contributed by atoms with Gasteiger partial charge in [0.05, 0.1) is 5.69 Å². The highest BCUT2D eigenvalue weighted by molar-refractivity contribution is 6.17. The smallest absolute Gasteiger partial charge is 0.262 e. The van der Waals surface area contributed by atoms with Gasteiger partial charge in [-0.1, -0.05) is 12.1 Å². The zero-order valence-corrected chi connectivity index (χ0v) is 16.6. The second kappa shape index (κ2) is 8.07. The van der Waals surface area contributed by atoms with E-state index in [0.29, 0.717) is 33.8 Å². The summed E-state index contributed by atoms with van der Waals surface area (Å²) in [6.07, 6.45) is 0. The lowest BCUT2D eigenvalue weighted by Gasteiger charge is -2.08. The second-order valence-corrected chi connectivity index (χ2v) is 6.99. The van der Waals surface area contributed by atoms with Crippen molar-refractivity contribution in [2.45, 2.75) is 0 Å². The number of carbonyl (C=O) groups is 2. The molecule has 0 saturated carbocycles. The van der Waals surface area contributed by atoms with Gasteiger partial charge in [-0.2, -0.15) is 0 Å². The molecule has 160 valence electrons.